The van der Waals surface area contributed by atoms with E-state index in [-0.39, 0.29) is 28.1 Å². The highest BCUT2D eigenvalue weighted by Crippen LogP contribution is 2.38. The number of aliphatic imine (C=N–C) groups is 1. The van der Waals surface area contributed by atoms with Gasteiger partial charge in [-0.05, 0) is 55.5 Å². The molecule has 0 aliphatic heterocycles. The van der Waals surface area contributed by atoms with Crippen LogP contribution < -0.4 is 10.2 Å². The molecule has 0 aliphatic carbocycles. The number of nitrogens with zero attached hydrogens (tertiary/aromatic N) is 4. The number of carbonyl (C=O) groups excluding carboxylic acids is 2. The molecule has 0 bridgehead atoms. The number of benzene rings is 2. The monoisotopic (exact) mass is 577 g/mol. The van der Waals surface area contributed by atoms with Gasteiger partial charge in [0.1, 0.15) is 11.7 Å². The molecular formula is C32H37ClFN5O2. The van der Waals surface area contributed by atoms with Crippen molar-refractivity contribution >= 4 is 41.8 Å². The Labute approximate surface area is 246 Å². The molecule has 7 nitrogen and oxygen atoms in total. The van der Waals surface area contributed by atoms with Gasteiger partial charge in [-0.1, -0.05) is 61.9 Å². The predicted octanol–water partition coefficient (Wildman–Crippen LogP) is 6.35. The van der Waals surface area contributed by atoms with Crippen LogP contribution in [0, 0.1) is 5.82 Å². The summed E-state index contributed by atoms with van der Waals surface area (Å²) in [5, 5.41) is 2.95. The zero-order valence-corrected chi connectivity index (χ0v) is 24.8. The normalized spacial score (nSPS) is 12.0. The predicted molar refractivity (Wildman–Crippen MR) is 166 cm³/mol. The fraction of sp³-hybridized carbons (Fsp3) is 0.312. The van der Waals surface area contributed by atoms with Gasteiger partial charge in [0, 0.05) is 31.7 Å². The third-order valence-electron chi connectivity index (χ3n) is 6.95. The van der Waals surface area contributed by atoms with Gasteiger partial charge in [-0.15, -0.1) is 6.58 Å². The Bertz CT molecular complexity index is 1390. The van der Waals surface area contributed by atoms with Crippen molar-refractivity contribution in [2.45, 2.75) is 46.1 Å². The van der Waals surface area contributed by atoms with Crippen LogP contribution in [0.15, 0.2) is 66.2 Å². The van der Waals surface area contributed by atoms with Crippen molar-refractivity contribution in [3.63, 3.8) is 0 Å². The standard InChI is InChI=1S/C32H37ClFN5O2/c1-6-9-17-38(22(4)19-36-20-40)31(35-5)26-18-27(33)29(25-15-10-11-16-28(25)34)37-32(26)39(21-41)30-23(7-2)13-12-14-24(30)8-3/h6,10-16,18,20-22H,1,7-9,17,19H2,2-5H3,(H,36,40). The number of rotatable bonds is 14. The van der Waals surface area contributed by atoms with Crippen LogP contribution in [0.5, 0.6) is 0 Å². The maximum atomic E-state index is 15.0. The topological polar surface area (TPSA) is 77.9 Å². The van der Waals surface area contributed by atoms with Crippen LogP contribution in [0.25, 0.3) is 11.3 Å². The molecule has 9 heteroatoms. The number of para-hydroxylation sites is 1. The van der Waals surface area contributed by atoms with E-state index in [0.717, 1.165) is 23.2 Å². The lowest BCUT2D eigenvalue weighted by Crippen LogP contribution is -2.45. The average Bonchev–Trinajstić information content (AvgIpc) is 2.99. The molecule has 0 saturated carbocycles. The number of amidine groups is 1. The van der Waals surface area contributed by atoms with Crippen molar-refractivity contribution < 1.29 is 14.0 Å². The first kappa shape index (κ1) is 31.5. The molecule has 41 heavy (non-hydrogen) atoms. The smallest absolute Gasteiger partial charge is 0.219 e. The van der Waals surface area contributed by atoms with Gasteiger partial charge in [0.05, 0.1) is 22.0 Å². The highest BCUT2D eigenvalue weighted by Gasteiger charge is 2.28. The van der Waals surface area contributed by atoms with E-state index in [9.17, 15) is 14.0 Å². The summed E-state index contributed by atoms with van der Waals surface area (Å²) in [4.78, 5) is 37.1. The number of amides is 2. The van der Waals surface area contributed by atoms with Crippen molar-refractivity contribution in [3.05, 3.63) is 88.7 Å². The van der Waals surface area contributed by atoms with Crippen molar-refractivity contribution in [1.29, 1.82) is 0 Å². The summed E-state index contributed by atoms with van der Waals surface area (Å²) in [6, 6.07) is 13.7. The highest BCUT2D eigenvalue weighted by molar-refractivity contribution is 6.33. The second kappa shape index (κ2) is 15.1. The molecule has 0 radical (unpaired) electrons. The lowest BCUT2D eigenvalue weighted by molar-refractivity contribution is -0.109. The number of nitrogens with one attached hydrogen (secondary N) is 1. The summed E-state index contributed by atoms with van der Waals surface area (Å²) >= 11 is 6.81. The number of halogens is 2. The molecular weight excluding hydrogens is 541 g/mol. The zero-order valence-electron chi connectivity index (χ0n) is 24.0. The minimum atomic E-state index is -0.480. The Kier molecular flexibility index (Phi) is 11.6. The van der Waals surface area contributed by atoms with Crippen molar-refractivity contribution in [3.8, 4) is 11.3 Å². The first-order valence-electron chi connectivity index (χ1n) is 13.7. The van der Waals surface area contributed by atoms with Crippen LogP contribution in [0.2, 0.25) is 5.02 Å². The molecule has 1 N–H and O–H groups in total. The molecule has 216 valence electrons. The summed E-state index contributed by atoms with van der Waals surface area (Å²) in [6.45, 7) is 10.8. The molecule has 0 aliphatic rings. The van der Waals surface area contributed by atoms with Crippen LogP contribution in [-0.2, 0) is 22.4 Å². The van der Waals surface area contributed by atoms with Crippen LogP contribution >= 0.6 is 11.6 Å². The number of hydrogen-bond acceptors (Lipinski definition) is 4. The molecule has 1 heterocycles. The number of carbonyl (C=O) groups is 2. The fourth-order valence-corrected chi connectivity index (χ4v) is 5.15. The van der Waals surface area contributed by atoms with Gasteiger partial charge in [-0.3, -0.25) is 19.5 Å². The van der Waals surface area contributed by atoms with Crippen molar-refractivity contribution in [2.75, 3.05) is 25.0 Å². The van der Waals surface area contributed by atoms with Gasteiger partial charge in [0.15, 0.2) is 5.82 Å². The third-order valence-corrected chi connectivity index (χ3v) is 7.24. The Morgan fingerprint density at radius 3 is 2.39 bits per heavy atom. The van der Waals surface area contributed by atoms with Crippen molar-refractivity contribution in [1.82, 2.24) is 15.2 Å². The Balaban J connectivity index is 2.38. The number of pyridine rings is 1. The second-order valence-corrected chi connectivity index (χ2v) is 9.88. The molecule has 2 amide bonds. The van der Waals surface area contributed by atoms with Crippen LogP contribution in [0.3, 0.4) is 0 Å². The summed E-state index contributed by atoms with van der Waals surface area (Å²) < 4.78 is 15.0. The van der Waals surface area contributed by atoms with E-state index in [4.69, 9.17) is 16.6 Å². The minimum absolute atomic E-state index is 0.171. The largest absolute Gasteiger partial charge is 0.357 e. The lowest BCUT2D eigenvalue weighted by atomic mass is 10.0. The van der Waals surface area contributed by atoms with Gasteiger partial charge in [0.25, 0.3) is 0 Å². The van der Waals surface area contributed by atoms with Crippen LogP contribution in [0.4, 0.5) is 15.9 Å². The van der Waals surface area contributed by atoms with Gasteiger partial charge in [-0.25, -0.2) is 9.37 Å². The van der Waals surface area contributed by atoms with E-state index in [1.54, 1.807) is 37.4 Å². The van der Waals surface area contributed by atoms with Gasteiger partial charge in [0.2, 0.25) is 12.8 Å². The van der Waals surface area contributed by atoms with E-state index in [0.29, 0.717) is 50.2 Å². The Hall–Kier alpha value is -4.04. The maximum Gasteiger partial charge on any atom is 0.219 e. The molecule has 1 atom stereocenters. The van der Waals surface area contributed by atoms with Gasteiger partial charge >= 0.3 is 0 Å². The first-order valence-corrected chi connectivity index (χ1v) is 14.1. The highest BCUT2D eigenvalue weighted by atomic mass is 35.5. The number of anilines is 2. The Morgan fingerprint density at radius 2 is 1.83 bits per heavy atom. The SMILES string of the molecule is C=CCCN(C(=NC)c1cc(Cl)c(-c2ccccc2F)nc1N(C=O)c1c(CC)cccc1CC)C(C)CNC=O. The van der Waals surface area contributed by atoms with Crippen LogP contribution in [-0.4, -0.2) is 54.7 Å². The molecule has 1 aromatic heterocycles. The zero-order chi connectivity index (χ0) is 29.9. The van der Waals surface area contributed by atoms with Crippen LogP contribution in [0.1, 0.15) is 43.9 Å². The van der Waals surface area contributed by atoms with Gasteiger partial charge in [-0.2, -0.15) is 0 Å². The molecule has 0 spiro atoms. The van der Waals surface area contributed by atoms with E-state index >= 15 is 0 Å². The molecule has 3 rings (SSSR count). The van der Waals surface area contributed by atoms with E-state index in [1.165, 1.54) is 11.0 Å². The summed E-state index contributed by atoms with van der Waals surface area (Å²) in [5.74, 6) is 0.320. The van der Waals surface area contributed by atoms with E-state index < -0.39 is 5.82 Å². The first-order chi connectivity index (χ1) is 19.9. The molecule has 1 unspecified atom stereocenters. The minimum Gasteiger partial charge on any atom is -0.357 e. The van der Waals surface area contributed by atoms with E-state index in [2.05, 4.69) is 16.9 Å². The van der Waals surface area contributed by atoms with Crippen molar-refractivity contribution in [2.24, 2.45) is 4.99 Å². The molecule has 2 aromatic carbocycles. The number of hydrogen-bond donors (Lipinski definition) is 1. The summed E-state index contributed by atoms with van der Waals surface area (Å²) in [7, 11) is 1.65. The second-order valence-electron chi connectivity index (χ2n) is 9.47. The molecule has 3 aromatic rings. The Morgan fingerprint density at radius 1 is 1.15 bits per heavy atom. The quantitative estimate of drug-likeness (QED) is 0.105. The fourth-order valence-electron chi connectivity index (χ4n) is 4.90. The number of aryl methyl sites for hydroxylation is 2. The van der Waals surface area contributed by atoms with E-state index in [1.807, 2.05) is 43.9 Å². The lowest BCUT2D eigenvalue weighted by Gasteiger charge is -2.34. The maximum absolute atomic E-state index is 15.0. The summed E-state index contributed by atoms with van der Waals surface area (Å²) in [6.07, 6.45) is 5.20. The molecule has 0 fully saturated rings. The third kappa shape index (κ3) is 7.00. The van der Waals surface area contributed by atoms with Gasteiger partial charge < -0.3 is 10.2 Å². The molecule has 0 saturated heterocycles. The summed E-state index contributed by atoms with van der Waals surface area (Å²) in [5.41, 5.74) is 3.60. The average molecular weight is 578 g/mol. The number of aromatic nitrogens is 1.